The van der Waals surface area contributed by atoms with Crippen LogP contribution in [0.25, 0.3) is 6.08 Å². The summed E-state index contributed by atoms with van der Waals surface area (Å²) in [5, 5.41) is 0. The molecule has 0 aliphatic carbocycles. The van der Waals surface area contributed by atoms with Gasteiger partial charge < -0.3 is 14.2 Å². The van der Waals surface area contributed by atoms with E-state index in [9.17, 15) is 4.79 Å². The number of aryl methyl sites for hydroxylation is 3. The van der Waals surface area contributed by atoms with Crippen molar-refractivity contribution in [2.45, 2.75) is 26.7 Å². The summed E-state index contributed by atoms with van der Waals surface area (Å²) in [5.74, 6) is 1.36. The smallest absolute Gasteiger partial charge is 0.363 e. The highest BCUT2D eigenvalue weighted by Gasteiger charge is 2.23. The molecule has 27 heavy (non-hydrogen) atoms. The molecule has 5 nitrogen and oxygen atoms in total. The van der Waals surface area contributed by atoms with E-state index < -0.39 is 5.97 Å². The average Bonchev–Trinajstić information content (AvgIpc) is 3.01. The van der Waals surface area contributed by atoms with Crippen LogP contribution in [-0.4, -0.2) is 26.1 Å². The molecule has 0 saturated heterocycles. The zero-order valence-corrected chi connectivity index (χ0v) is 16.0. The van der Waals surface area contributed by atoms with Gasteiger partial charge in [-0.3, -0.25) is 0 Å². The van der Waals surface area contributed by atoms with Crippen molar-refractivity contribution in [2.75, 3.05) is 14.2 Å². The van der Waals surface area contributed by atoms with E-state index in [0.717, 1.165) is 23.3 Å². The van der Waals surface area contributed by atoms with Gasteiger partial charge in [0.1, 0.15) is 11.5 Å². The Balaban J connectivity index is 1.80. The Labute approximate surface area is 159 Å². The first-order chi connectivity index (χ1) is 13.0. The fourth-order valence-electron chi connectivity index (χ4n) is 2.90. The van der Waals surface area contributed by atoms with Gasteiger partial charge in [-0.25, -0.2) is 9.79 Å². The second kappa shape index (κ2) is 8.08. The Bertz CT molecular complexity index is 911. The van der Waals surface area contributed by atoms with Gasteiger partial charge in [0.25, 0.3) is 0 Å². The molecule has 0 amide bonds. The second-order valence-corrected chi connectivity index (χ2v) is 6.47. The molecule has 2 aromatic carbocycles. The van der Waals surface area contributed by atoms with Crippen LogP contribution in [0.15, 0.2) is 47.1 Å². The van der Waals surface area contributed by atoms with E-state index in [1.165, 1.54) is 11.1 Å². The number of ether oxygens (including phenoxy) is 3. The largest absolute Gasteiger partial charge is 0.496 e. The summed E-state index contributed by atoms with van der Waals surface area (Å²) < 4.78 is 16.1. The summed E-state index contributed by atoms with van der Waals surface area (Å²) in [5.41, 5.74) is 4.33. The molecule has 0 fully saturated rings. The number of benzene rings is 2. The lowest BCUT2D eigenvalue weighted by Gasteiger charge is -2.10. The summed E-state index contributed by atoms with van der Waals surface area (Å²) in [7, 11) is 3.20. The van der Waals surface area contributed by atoms with Crippen molar-refractivity contribution in [3.8, 4) is 11.5 Å². The van der Waals surface area contributed by atoms with Crippen molar-refractivity contribution in [1.29, 1.82) is 0 Å². The number of rotatable bonds is 6. The molecular weight excluding hydrogens is 342 g/mol. The fourth-order valence-corrected chi connectivity index (χ4v) is 2.90. The normalized spacial score (nSPS) is 14.9. The quantitative estimate of drug-likeness (QED) is 0.567. The zero-order valence-electron chi connectivity index (χ0n) is 16.0. The molecule has 0 N–H and O–H groups in total. The molecule has 5 heteroatoms. The molecule has 0 aromatic heterocycles. The Morgan fingerprint density at radius 1 is 1.00 bits per heavy atom. The first kappa shape index (κ1) is 18.7. The maximum Gasteiger partial charge on any atom is 0.363 e. The molecule has 1 aliphatic rings. The molecule has 140 valence electrons. The molecule has 0 bridgehead atoms. The minimum Gasteiger partial charge on any atom is -0.496 e. The summed E-state index contributed by atoms with van der Waals surface area (Å²) in [6.45, 7) is 3.99. The molecule has 1 heterocycles. The van der Waals surface area contributed by atoms with Crippen LogP contribution < -0.4 is 9.47 Å². The second-order valence-electron chi connectivity index (χ2n) is 6.47. The predicted octanol–water partition coefficient (Wildman–Crippen LogP) is 4.25. The highest BCUT2D eigenvalue weighted by atomic mass is 16.6. The number of cyclic esters (lactones) is 1. The third-order valence-electron chi connectivity index (χ3n) is 4.45. The molecule has 0 atom stereocenters. The van der Waals surface area contributed by atoms with Crippen LogP contribution in [0.2, 0.25) is 0 Å². The van der Waals surface area contributed by atoms with Gasteiger partial charge in [0.05, 0.1) is 14.2 Å². The first-order valence-electron chi connectivity index (χ1n) is 8.79. The van der Waals surface area contributed by atoms with Crippen molar-refractivity contribution in [3.05, 3.63) is 64.3 Å². The molecule has 0 saturated carbocycles. The number of carbonyl (C=O) groups excluding carboxylic acids is 1. The number of esters is 1. The van der Waals surface area contributed by atoms with Crippen LogP contribution in [0.3, 0.4) is 0 Å². The number of hydrogen-bond acceptors (Lipinski definition) is 5. The molecule has 0 unspecified atom stereocenters. The highest BCUT2D eigenvalue weighted by Crippen LogP contribution is 2.31. The van der Waals surface area contributed by atoms with E-state index in [1.54, 1.807) is 20.3 Å². The maximum atomic E-state index is 12.2. The topological polar surface area (TPSA) is 57.1 Å². The van der Waals surface area contributed by atoms with Gasteiger partial charge in [0.2, 0.25) is 0 Å². The van der Waals surface area contributed by atoms with Crippen LogP contribution in [0.1, 0.15) is 28.7 Å². The Kier molecular flexibility index (Phi) is 5.60. The summed E-state index contributed by atoms with van der Waals surface area (Å²) in [6, 6.07) is 12.0. The third kappa shape index (κ3) is 4.37. The number of carbonyl (C=O) groups is 1. The van der Waals surface area contributed by atoms with E-state index in [2.05, 4.69) is 36.2 Å². The van der Waals surface area contributed by atoms with Gasteiger partial charge in [-0.1, -0.05) is 29.8 Å². The Morgan fingerprint density at radius 3 is 2.37 bits per heavy atom. The van der Waals surface area contributed by atoms with Gasteiger partial charge in [0, 0.05) is 12.0 Å². The summed E-state index contributed by atoms with van der Waals surface area (Å²) in [6.07, 6.45) is 3.00. The van der Waals surface area contributed by atoms with Gasteiger partial charge in [-0.15, -0.1) is 0 Å². The monoisotopic (exact) mass is 365 g/mol. The molecular formula is C22H23NO4. The predicted molar refractivity (Wildman–Crippen MR) is 105 cm³/mol. The van der Waals surface area contributed by atoms with Crippen molar-refractivity contribution < 1.29 is 19.0 Å². The number of hydrogen-bond donors (Lipinski definition) is 0. The number of methoxy groups -OCH3 is 2. The van der Waals surface area contributed by atoms with Crippen molar-refractivity contribution >= 4 is 17.9 Å². The Hall–Kier alpha value is -3.08. The highest BCUT2D eigenvalue weighted by molar-refractivity contribution is 6.07. The lowest BCUT2D eigenvalue weighted by atomic mass is 10.1. The standard InChI is InChI=1S/C22H23NO4/c1-14-5-7-16(8-6-14)9-10-21-23-18(22(24)27-21)12-17-13-19(25-3)15(2)11-20(17)26-4/h5-8,11-13H,9-10H2,1-4H3/b18-12+. The molecule has 0 radical (unpaired) electrons. The van der Waals surface area contributed by atoms with Crippen molar-refractivity contribution in [2.24, 2.45) is 4.99 Å². The lowest BCUT2D eigenvalue weighted by Crippen LogP contribution is -2.05. The van der Waals surface area contributed by atoms with Crippen molar-refractivity contribution in [1.82, 2.24) is 0 Å². The van der Waals surface area contributed by atoms with Crippen LogP contribution >= 0.6 is 0 Å². The Morgan fingerprint density at radius 2 is 1.70 bits per heavy atom. The van der Waals surface area contributed by atoms with Crippen molar-refractivity contribution in [3.63, 3.8) is 0 Å². The first-order valence-corrected chi connectivity index (χ1v) is 8.79. The van der Waals surface area contributed by atoms with Crippen LogP contribution in [0, 0.1) is 13.8 Å². The SMILES string of the molecule is COc1cc(/C=C2/N=C(CCc3ccc(C)cc3)OC2=O)c(OC)cc1C. The number of nitrogens with zero attached hydrogens (tertiary/aromatic N) is 1. The fraction of sp³-hybridized carbons (Fsp3) is 0.273. The minimum absolute atomic E-state index is 0.262. The van der Waals surface area contributed by atoms with Gasteiger partial charge in [0.15, 0.2) is 11.6 Å². The zero-order chi connectivity index (χ0) is 19.4. The average molecular weight is 365 g/mol. The van der Waals surface area contributed by atoms with Crippen LogP contribution in [0.5, 0.6) is 11.5 Å². The number of aliphatic imine (C=N–C) groups is 1. The third-order valence-corrected chi connectivity index (χ3v) is 4.45. The molecule has 1 aliphatic heterocycles. The molecule has 0 spiro atoms. The lowest BCUT2D eigenvalue weighted by molar-refractivity contribution is -0.130. The van der Waals surface area contributed by atoms with Gasteiger partial charge in [-0.05, 0) is 49.6 Å². The minimum atomic E-state index is -0.449. The summed E-state index contributed by atoms with van der Waals surface area (Å²) in [4.78, 5) is 16.5. The van der Waals surface area contributed by atoms with E-state index >= 15 is 0 Å². The molecule has 3 rings (SSSR count). The van der Waals surface area contributed by atoms with E-state index in [4.69, 9.17) is 14.2 Å². The maximum absolute atomic E-state index is 12.2. The van der Waals surface area contributed by atoms with Crippen LogP contribution in [-0.2, 0) is 16.0 Å². The van der Waals surface area contributed by atoms with Gasteiger partial charge in [-0.2, -0.15) is 0 Å². The summed E-state index contributed by atoms with van der Waals surface area (Å²) >= 11 is 0. The van der Waals surface area contributed by atoms with E-state index in [-0.39, 0.29) is 5.70 Å². The van der Waals surface area contributed by atoms with E-state index in [1.807, 2.05) is 19.1 Å². The molecule has 2 aromatic rings. The van der Waals surface area contributed by atoms with Crippen LogP contribution in [0.4, 0.5) is 0 Å². The van der Waals surface area contributed by atoms with Gasteiger partial charge >= 0.3 is 5.97 Å². The van der Waals surface area contributed by atoms with E-state index in [0.29, 0.717) is 18.1 Å².